The van der Waals surface area contributed by atoms with E-state index in [4.69, 9.17) is 0 Å². The van der Waals surface area contributed by atoms with Crippen molar-refractivity contribution in [1.29, 1.82) is 0 Å². The summed E-state index contributed by atoms with van der Waals surface area (Å²) in [7, 11) is 0. The molecule has 3 rings (SSSR count). The number of amides is 2. The van der Waals surface area contributed by atoms with Crippen LogP contribution in [0.25, 0.3) is 0 Å². The highest BCUT2D eigenvalue weighted by atomic mass is 35.5. The lowest BCUT2D eigenvalue weighted by Gasteiger charge is -2.27. The van der Waals surface area contributed by atoms with Crippen molar-refractivity contribution in [1.82, 2.24) is 16.0 Å². The van der Waals surface area contributed by atoms with Crippen LogP contribution in [0.15, 0.2) is 48.5 Å². The second kappa shape index (κ2) is 11.0. The molecular formula is C23H30ClN3O2. The second-order valence-corrected chi connectivity index (χ2v) is 7.66. The summed E-state index contributed by atoms with van der Waals surface area (Å²) in [5.74, 6) is 0.0562. The van der Waals surface area contributed by atoms with Gasteiger partial charge in [0, 0.05) is 30.6 Å². The van der Waals surface area contributed by atoms with E-state index in [0.29, 0.717) is 24.7 Å². The highest BCUT2D eigenvalue weighted by Crippen LogP contribution is 2.16. The highest BCUT2D eigenvalue weighted by molar-refractivity contribution is 5.94. The highest BCUT2D eigenvalue weighted by Gasteiger charge is 2.24. The lowest BCUT2D eigenvalue weighted by molar-refractivity contribution is -0.126. The molecule has 156 valence electrons. The number of halogens is 1. The van der Waals surface area contributed by atoms with Gasteiger partial charge in [-0.1, -0.05) is 42.0 Å². The molecule has 2 aromatic rings. The van der Waals surface area contributed by atoms with Crippen LogP contribution in [0, 0.1) is 12.8 Å². The van der Waals surface area contributed by atoms with Gasteiger partial charge in [0.05, 0.1) is 0 Å². The summed E-state index contributed by atoms with van der Waals surface area (Å²) in [6.07, 6.45) is 1.74. The van der Waals surface area contributed by atoms with Crippen molar-refractivity contribution in [2.24, 2.45) is 5.92 Å². The fraction of sp³-hybridized carbons (Fsp3) is 0.391. The lowest BCUT2D eigenvalue weighted by Crippen LogP contribution is -2.42. The number of benzene rings is 2. The van der Waals surface area contributed by atoms with Crippen LogP contribution in [0.5, 0.6) is 0 Å². The Morgan fingerprint density at radius 1 is 1.03 bits per heavy atom. The summed E-state index contributed by atoms with van der Waals surface area (Å²) in [6.45, 7) is 5.97. The minimum absolute atomic E-state index is 0. The molecule has 0 aromatic heterocycles. The molecule has 1 aliphatic rings. The minimum Gasteiger partial charge on any atom is -0.352 e. The quantitative estimate of drug-likeness (QED) is 0.677. The molecule has 2 amide bonds. The number of hydrogen-bond donors (Lipinski definition) is 3. The van der Waals surface area contributed by atoms with Crippen LogP contribution < -0.4 is 16.0 Å². The van der Waals surface area contributed by atoms with Gasteiger partial charge in [0.15, 0.2) is 0 Å². The first-order chi connectivity index (χ1) is 13.5. The molecule has 2 aromatic carbocycles. The molecule has 3 N–H and O–H groups in total. The van der Waals surface area contributed by atoms with E-state index in [2.05, 4.69) is 22.9 Å². The number of carbonyl (C=O) groups excluding carboxylic acids is 2. The van der Waals surface area contributed by atoms with Gasteiger partial charge in [-0.15, -0.1) is 12.4 Å². The largest absolute Gasteiger partial charge is 0.352 e. The molecule has 1 aliphatic heterocycles. The van der Waals surface area contributed by atoms with Gasteiger partial charge >= 0.3 is 0 Å². The molecule has 1 saturated heterocycles. The fourth-order valence-electron chi connectivity index (χ4n) is 3.52. The van der Waals surface area contributed by atoms with E-state index < -0.39 is 0 Å². The van der Waals surface area contributed by atoms with Crippen molar-refractivity contribution < 1.29 is 9.59 Å². The Hall–Kier alpha value is -2.37. The third kappa shape index (κ3) is 6.87. The molecule has 0 saturated carbocycles. The molecule has 0 bridgehead atoms. The summed E-state index contributed by atoms with van der Waals surface area (Å²) in [5, 5.41) is 9.33. The number of hydrogen-bond acceptors (Lipinski definition) is 3. The standard InChI is InChI=1S/C23H29N3O2.ClH/c1-16-6-8-18(9-7-16)14-25-22(27)20-5-3-4-19(13-20)15-26-23(28)21-10-11-24-17(2)12-21;/h3-9,13,17,21,24H,10-12,14-15H2,1-2H3,(H,25,27)(H,26,28);1H/t17-,21-;/m0./s1. The zero-order valence-corrected chi connectivity index (χ0v) is 17.9. The van der Waals surface area contributed by atoms with Crippen molar-refractivity contribution in [3.63, 3.8) is 0 Å². The summed E-state index contributed by atoms with van der Waals surface area (Å²) < 4.78 is 0. The van der Waals surface area contributed by atoms with E-state index >= 15 is 0 Å². The fourth-order valence-corrected chi connectivity index (χ4v) is 3.52. The van der Waals surface area contributed by atoms with Gasteiger partial charge in [-0.05, 0) is 56.5 Å². The number of carbonyl (C=O) groups is 2. The predicted molar refractivity (Wildman–Crippen MR) is 118 cm³/mol. The maximum absolute atomic E-state index is 12.5. The van der Waals surface area contributed by atoms with Crippen molar-refractivity contribution in [2.75, 3.05) is 6.54 Å². The molecule has 0 unspecified atom stereocenters. The van der Waals surface area contributed by atoms with Gasteiger partial charge < -0.3 is 16.0 Å². The molecule has 5 nitrogen and oxygen atoms in total. The van der Waals surface area contributed by atoms with Crippen LogP contribution in [0.4, 0.5) is 0 Å². The SMILES string of the molecule is Cc1ccc(CNC(=O)c2cccc(CNC(=O)[C@H]3CCN[C@@H](C)C3)c2)cc1.Cl. The van der Waals surface area contributed by atoms with Gasteiger partial charge in [0.2, 0.25) is 5.91 Å². The molecule has 1 fully saturated rings. The Morgan fingerprint density at radius 2 is 1.76 bits per heavy atom. The van der Waals surface area contributed by atoms with Crippen LogP contribution in [0.1, 0.15) is 46.8 Å². The first kappa shape index (κ1) is 22.9. The Bertz CT molecular complexity index is 823. The summed E-state index contributed by atoms with van der Waals surface area (Å²) in [4.78, 5) is 24.9. The Balaban J connectivity index is 0.00000300. The van der Waals surface area contributed by atoms with Crippen molar-refractivity contribution >= 4 is 24.2 Å². The summed E-state index contributed by atoms with van der Waals surface area (Å²) in [5.41, 5.74) is 3.80. The zero-order chi connectivity index (χ0) is 19.9. The molecule has 0 aliphatic carbocycles. The van der Waals surface area contributed by atoms with Crippen molar-refractivity contribution in [3.8, 4) is 0 Å². The third-order valence-corrected chi connectivity index (χ3v) is 5.22. The van der Waals surface area contributed by atoms with E-state index in [1.807, 2.05) is 49.4 Å². The lowest BCUT2D eigenvalue weighted by atomic mass is 9.92. The van der Waals surface area contributed by atoms with E-state index in [1.165, 1.54) is 5.56 Å². The van der Waals surface area contributed by atoms with Gasteiger partial charge in [0.25, 0.3) is 5.91 Å². The molecular weight excluding hydrogens is 386 g/mol. The van der Waals surface area contributed by atoms with E-state index in [0.717, 1.165) is 30.5 Å². The van der Waals surface area contributed by atoms with Gasteiger partial charge in [0.1, 0.15) is 0 Å². The van der Waals surface area contributed by atoms with Crippen molar-refractivity contribution in [3.05, 3.63) is 70.8 Å². The van der Waals surface area contributed by atoms with Crippen LogP contribution in [-0.2, 0) is 17.9 Å². The smallest absolute Gasteiger partial charge is 0.251 e. The first-order valence-electron chi connectivity index (χ1n) is 9.95. The van der Waals surface area contributed by atoms with Crippen LogP contribution >= 0.6 is 12.4 Å². The summed E-state index contributed by atoms with van der Waals surface area (Å²) >= 11 is 0. The molecule has 1 heterocycles. The normalized spacial score (nSPS) is 18.4. The third-order valence-electron chi connectivity index (χ3n) is 5.22. The predicted octanol–water partition coefficient (Wildman–Crippen LogP) is 3.35. The molecule has 0 radical (unpaired) electrons. The van der Waals surface area contributed by atoms with Gasteiger partial charge in [-0.3, -0.25) is 9.59 Å². The first-order valence-corrected chi connectivity index (χ1v) is 9.95. The van der Waals surface area contributed by atoms with Crippen LogP contribution in [0.2, 0.25) is 0 Å². The van der Waals surface area contributed by atoms with Crippen LogP contribution in [0.3, 0.4) is 0 Å². The molecule has 0 spiro atoms. The average molecular weight is 416 g/mol. The maximum Gasteiger partial charge on any atom is 0.251 e. The van der Waals surface area contributed by atoms with Crippen molar-refractivity contribution in [2.45, 2.75) is 45.8 Å². The number of nitrogens with one attached hydrogen (secondary N) is 3. The zero-order valence-electron chi connectivity index (χ0n) is 17.0. The monoisotopic (exact) mass is 415 g/mol. The second-order valence-electron chi connectivity index (χ2n) is 7.66. The minimum atomic E-state index is -0.110. The topological polar surface area (TPSA) is 70.2 Å². The number of rotatable bonds is 6. The van der Waals surface area contributed by atoms with Gasteiger partial charge in [-0.25, -0.2) is 0 Å². The van der Waals surface area contributed by atoms with Gasteiger partial charge in [-0.2, -0.15) is 0 Å². The van der Waals surface area contributed by atoms with E-state index in [-0.39, 0.29) is 30.1 Å². The summed E-state index contributed by atoms with van der Waals surface area (Å²) in [6, 6.07) is 15.9. The Morgan fingerprint density at radius 3 is 2.48 bits per heavy atom. The number of piperidine rings is 1. The molecule has 2 atom stereocenters. The molecule has 6 heteroatoms. The Labute approximate surface area is 179 Å². The average Bonchev–Trinajstić information content (AvgIpc) is 2.71. The van der Waals surface area contributed by atoms with Crippen LogP contribution in [-0.4, -0.2) is 24.4 Å². The maximum atomic E-state index is 12.5. The van der Waals surface area contributed by atoms with E-state index in [1.54, 1.807) is 6.07 Å². The Kier molecular flexibility index (Phi) is 8.68. The number of aryl methyl sites for hydroxylation is 1. The van der Waals surface area contributed by atoms with E-state index in [9.17, 15) is 9.59 Å². The molecule has 29 heavy (non-hydrogen) atoms.